The van der Waals surface area contributed by atoms with Gasteiger partial charge in [-0.25, -0.2) is 0 Å². The van der Waals surface area contributed by atoms with Crippen molar-refractivity contribution in [2.24, 2.45) is 11.8 Å². The summed E-state index contributed by atoms with van der Waals surface area (Å²) in [6.07, 6.45) is 4.93. The molecule has 1 unspecified atom stereocenters. The van der Waals surface area contributed by atoms with Crippen LogP contribution in [0.5, 0.6) is 0 Å². The van der Waals surface area contributed by atoms with Crippen molar-refractivity contribution in [2.45, 2.75) is 51.6 Å². The van der Waals surface area contributed by atoms with Crippen LogP contribution < -0.4 is 0 Å². The summed E-state index contributed by atoms with van der Waals surface area (Å²) in [6, 6.07) is 0. The summed E-state index contributed by atoms with van der Waals surface area (Å²) in [5.74, 6) is -0.744. The van der Waals surface area contributed by atoms with Crippen LogP contribution in [0.1, 0.15) is 45.4 Å². The number of hydrogen-bond donors (Lipinski definition) is 1. The number of amides is 1. The summed E-state index contributed by atoms with van der Waals surface area (Å²) >= 11 is 0. The second-order valence-electron chi connectivity index (χ2n) is 5.95. The van der Waals surface area contributed by atoms with Crippen molar-refractivity contribution in [3.05, 3.63) is 0 Å². The monoisotopic (exact) mass is 283 g/mol. The van der Waals surface area contributed by atoms with Gasteiger partial charge < -0.3 is 14.7 Å². The van der Waals surface area contributed by atoms with Crippen LogP contribution in [0, 0.1) is 11.8 Å². The van der Waals surface area contributed by atoms with Gasteiger partial charge in [-0.3, -0.25) is 9.59 Å². The number of carboxylic acids is 1. The van der Waals surface area contributed by atoms with Crippen LogP contribution in [0.15, 0.2) is 0 Å². The van der Waals surface area contributed by atoms with E-state index in [1.807, 2.05) is 4.90 Å². The van der Waals surface area contributed by atoms with Crippen molar-refractivity contribution < 1.29 is 19.4 Å². The molecule has 1 N–H and O–H groups in total. The van der Waals surface area contributed by atoms with E-state index in [1.165, 1.54) is 0 Å². The van der Waals surface area contributed by atoms with Crippen LogP contribution in [0.3, 0.4) is 0 Å². The van der Waals surface area contributed by atoms with Gasteiger partial charge in [0.15, 0.2) is 0 Å². The van der Waals surface area contributed by atoms with Gasteiger partial charge in [-0.15, -0.1) is 0 Å². The van der Waals surface area contributed by atoms with Gasteiger partial charge >= 0.3 is 5.97 Å². The summed E-state index contributed by atoms with van der Waals surface area (Å²) in [6.45, 7) is 4.13. The Morgan fingerprint density at radius 2 is 1.85 bits per heavy atom. The van der Waals surface area contributed by atoms with Gasteiger partial charge in [0.1, 0.15) is 0 Å². The molecule has 0 radical (unpaired) electrons. The Bertz CT molecular complexity index is 348. The van der Waals surface area contributed by atoms with Crippen molar-refractivity contribution in [1.82, 2.24) is 4.90 Å². The maximum atomic E-state index is 12.5. The Kier molecular flexibility index (Phi) is 5.40. The Labute approximate surface area is 120 Å². The highest BCUT2D eigenvalue weighted by molar-refractivity contribution is 5.79. The van der Waals surface area contributed by atoms with E-state index in [1.54, 1.807) is 0 Å². The summed E-state index contributed by atoms with van der Waals surface area (Å²) < 4.78 is 5.66. The lowest BCUT2D eigenvalue weighted by molar-refractivity contribution is -0.148. The first-order chi connectivity index (χ1) is 9.61. The average Bonchev–Trinajstić information content (AvgIpc) is 2.47. The molecule has 2 fully saturated rings. The first-order valence-corrected chi connectivity index (χ1v) is 7.75. The lowest BCUT2D eigenvalue weighted by atomic mass is 9.81. The number of hydrogen-bond acceptors (Lipinski definition) is 3. The SMILES string of the molecule is CCCC1CN(C(=O)C2CCC(C(=O)O)CC2)CCO1. The molecule has 0 bridgehead atoms. The molecule has 5 heteroatoms. The second kappa shape index (κ2) is 7.07. The second-order valence-corrected chi connectivity index (χ2v) is 5.95. The smallest absolute Gasteiger partial charge is 0.306 e. The number of aliphatic carboxylic acids is 1. The highest BCUT2D eigenvalue weighted by Crippen LogP contribution is 2.30. The molecular formula is C15H25NO4. The minimum absolute atomic E-state index is 0.0194. The predicted octanol–water partition coefficient (Wildman–Crippen LogP) is 1.90. The largest absolute Gasteiger partial charge is 0.481 e. The van der Waals surface area contributed by atoms with Crippen molar-refractivity contribution >= 4 is 11.9 Å². The summed E-state index contributed by atoms with van der Waals surface area (Å²) in [5, 5.41) is 8.99. The van der Waals surface area contributed by atoms with E-state index in [9.17, 15) is 9.59 Å². The maximum Gasteiger partial charge on any atom is 0.306 e. The number of carbonyl (C=O) groups excluding carboxylic acids is 1. The van der Waals surface area contributed by atoms with Crippen LogP contribution in [-0.4, -0.2) is 47.7 Å². The van der Waals surface area contributed by atoms with Gasteiger partial charge in [-0.1, -0.05) is 13.3 Å². The van der Waals surface area contributed by atoms with E-state index in [0.717, 1.165) is 12.8 Å². The molecule has 1 saturated carbocycles. The summed E-state index contributed by atoms with van der Waals surface area (Å²) in [5.41, 5.74) is 0. The van der Waals surface area contributed by atoms with Gasteiger partial charge in [-0.05, 0) is 32.1 Å². The standard InChI is InChI=1S/C15H25NO4/c1-2-3-13-10-16(8-9-20-13)14(17)11-4-6-12(7-5-11)15(18)19/h11-13H,2-10H2,1H3,(H,18,19). The molecule has 0 aromatic rings. The molecule has 1 atom stereocenters. The Balaban J connectivity index is 1.84. The maximum absolute atomic E-state index is 12.5. The van der Waals surface area contributed by atoms with Gasteiger partial charge in [0.25, 0.3) is 0 Å². The molecule has 1 amide bonds. The lowest BCUT2D eigenvalue weighted by Gasteiger charge is -2.36. The number of nitrogens with zero attached hydrogens (tertiary/aromatic N) is 1. The fraction of sp³-hybridized carbons (Fsp3) is 0.867. The molecule has 0 aromatic carbocycles. The average molecular weight is 283 g/mol. The van der Waals surface area contributed by atoms with Crippen LogP contribution in [0.25, 0.3) is 0 Å². The number of morpholine rings is 1. The summed E-state index contributed by atoms with van der Waals surface area (Å²) in [7, 11) is 0. The fourth-order valence-electron chi connectivity index (χ4n) is 3.26. The molecule has 1 aliphatic carbocycles. The van der Waals surface area contributed by atoms with Crippen LogP contribution >= 0.6 is 0 Å². The van der Waals surface area contributed by atoms with E-state index in [2.05, 4.69) is 6.92 Å². The number of rotatable bonds is 4. The fourth-order valence-corrected chi connectivity index (χ4v) is 3.26. The lowest BCUT2D eigenvalue weighted by Crippen LogP contribution is -2.48. The normalized spacial score (nSPS) is 31.1. The molecule has 0 aromatic heterocycles. The van der Waals surface area contributed by atoms with Gasteiger partial charge in [0.05, 0.1) is 18.6 Å². The zero-order chi connectivity index (χ0) is 14.5. The Morgan fingerprint density at radius 3 is 2.45 bits per heavy atom. The minimum atomic E-state index is -0.717. The number of ether oxygens (including phenoxy) is 1. The molecule has 5 nitrogen and oxygen atoms in total. The van der Waals surface area contributed by atoms with Crippen LogP contribution in [0.4, 0.5) is 0 Å². The molecule has 1 aliphatic heterocycles. The highest BCUT2D eigenvalue weighted by Gasteiger charge is 2.33. The molecular weight excluding hydrogens is 258 g/mol. The zero-order valence-corrected chi connectivity index (χ0v) is 12.2. The number of carbonyl (C=O) groups is 2. The molecule has 1 heterocycles. The van der Waals surface area contributed by atoms with Gasteiger partial charge in [-0.2, -0.15) is 0 Å². The van der Waals surface area contributed by atoms with E-state index in [4.69, 9.17) is 9.84 Å². The molecule has 2 rings (SSSR count). The van der Waals surface area contributed by atoms with E-state index >= 15 is 0 Å². The molecule has 114 valence electrons. The van der Waals surface area contributed by atoms with Crippen molar-refractivity contribution in [2.75, 3.05) is 19.7 Å². The Hall–Kier alpha value is -1.10. The first-order valence-electron chi connectivity index (χ1n) is 7.75. The molecule has 0 spiro atoms. The molecule has 20 heavy (non-hydrogen) atoms. The topological polar surface area (TPSA) is 66.8 Å². The third-order valence-corrected chi connectivity index (χ3v) is 4.49. The van der Waals surface area contributed by atoms with Gasteiger partial charge in [0, 0.05) is 19.0 Å². The zero-order valence-electron chi connectivity index (χ0n) is 12.2. The van der Waals surface area contributed by atoms with Crippen molar-refractivity contribution in [3.63, 3.8) is 0 Å². The third-order valence-electron chi connectivity index (χ3n) is 4.49. The highest BCUT2D eigenvalue weighted by atomic mass is 16.5. The van der Waals surface area contributed by atoms with Gasteiger partial charge in [0.2, 0.25) is 5.91 Å². The first kappa shape index (κ1) is 15.3. The molecule has 1 saturated heterocycles. The number of carboxylic acid groups (broad SMARTS) is 1. The molecule has 2 aliphatic rings. The van der Waals surface area contributed by atoms with Crippen molar-refractivity contribution in [1.29, 1.82) is 0 Å². The van der Waals surface area contributed by atoms with E-state index in [0.29, 0.717) is 45.4 Å². The Morgan fingerprint density at radius 1 is 1.20 bits per heavy atom. The quantitative estimate of drug-likeness (QED) is 0.855. The predicted molar refractivity (Wildman–Crippen MR) is 74.3 cm³/mol. The third kappa shape index (κ3) is 3.72. The van der Waals surface area contributed by atoms with Crippen LogP contribution in [-0.2, 0) is 14.3 Å². The van der Waals surface area contributed by atoms with E-state index < -0.39 is 5.97 Å². The minimum Gasteiger partial charge on any atom is -0.481 e. The van der Waals surface area contributed by atoms with E-state index in [-0.39, 0.29) is 23.8 Å². The van der Waals surface area contributed by atoms with Crippen LogP contribution in [0.2, 0.25) is 0 Å². The summed E-state index contributed by atoms with van der Waals surface area (Å²) in [4.78, 5) is 25.4. The van der Waals surface area contributed by atoms with Crippen molar-refractivity contribution in [3.8, 4) is 0 Å².